The fourth-order valence-corrected chi connectivity index (χ4v) is 3.42. The van der Waals surface area contributed by atoms with Gasteiger partial charge in [-0.1, -0.05) is 0 Å². The van der Waals surface area contributed by atoms with Gasteiger partial charge in [-0.3, -0.25) is 18.9 Å². The van der Waals surface area contributed by atoms with E-state index in [0.29, 0.717) is 18.4 Å². The lowest BCUT2D eigenvalue weighted by atomic mass is 10.2. The predicted molar refractivity (Wildman–Crippen MR) is 81.7 cm³/mol. The molecule has 3 atom stereocenters. The number of aryl methyl sites for hydroxylation is 1. The van der Waals surface area contributed by atoms with E-state index in [1.54, 1.807) is 6.92 Å². The Morgan fingerprint density at radius 1 is 1.42 bits per heavy atom. The summed E-state index contributed by atoms with van der Waals surface area (Å²) in [4.78, 5) is 55.4. The van der Waals surface area contributed by atoms with Crippen molar-refractivity contribution >= 4 is 13.6 Å². The van der Waals surface area contributed by atoms with Gasteiger partial charge in [0.1, 0.15) is 0 Å². The number of esters is 1. The van der Waals surface area contributed by atoms with Crippen molar-refractivity contribution in [2.75, 3.05) is 7.11 Å². The minimum absolute atomic E-state index is 0.277. The molecule has 0 spiro atoms. The molecule has 1 aliphatic carbocycles. The monoisotopic (exact) mass is 362 g/mol. The van der Waals surface area contributed by atoms with Crippen LogP contribution in [0.15, 0.2) is 15.8 Å². The number of nitrogens with one attached hydrogen (secondary N) is 1. The molecule has 3 N–H and O–H groups in total. The van der Waals surface area contributed by atoms with Crippen LogP contribution in [0, 0.1) is 6.92 Å². The zero-order valence-electron chi connectivity index (χ0n) is 13.2. The molecule has 1 saturated carbocycles. The fraction of sp³-hybridized carbons (Fsp3) is 0.615. The third-order valence-corrected chi connectivity index (χ3v) is 4.87. The molecule has 1 aromatic heterocycles. The highest BCUT2D eigenvalue weighted by molar-refractivity contribution is 7.53. The third kappa shape index (κ3) is 4.02. The average Bonchev–Trinajstić information content (AvgIpc) is 2.95. The number of nitrogens with zero attached hydrogens (tertiary/aromatic N) is 1. The number of aromatic amines is 1. The number of carbonyl (C=O) groups is 1. The molecule has 1 heterocycles. The minimum Gasteiger partial charge on any atom is -0.467 e. The standard InChI is InChI=1S/C13H19N2O8P/c1-7-6-15(13(18)14-10(7)16)8-3-4-9(5-8)23-12(11(17)22-2)24(19,20)21/h6,8-9,12H,3-5H2,1-2H3,(H,14,16,18)(H2,19,20,21)/t8-,9+,12?/m1/s1. The second-order valence-corrected chi connectivity index (χ2v) is 7.32. The van der Waals surface area contributed by atoms with Gasteiger partial charge < -0.3 is 19.3 Å². The van der Waals surface area contributed by atoms with Gasteiger partial charge in [-0.2, -0.15) is 0 Å². The van der Waals surface area contributed by atoms with Crippen LogP contribution in [0.4, 0.5) is 0 Å². The first-order chi connectivity index (χ1) is 11.1. The number of hydrogen-bond acceptors (Lipinski definition) is 6. The highest BCUT2D eigenvalue weighted by Crippen LogP contribution is 2.45. The largest absolute Gasteiger partial charge is 0.467 e. The molecule has 1 fully saturated rings. The molecule has 11 heteroatoms. The molecule has 2 rings (SSSR count). The number of rotatable bonds is 5. The van der Waals surface area contributed by atoms with Gasteiger partial charge in [0.15, 0.2) is 0 Å². The summed E-state index contributed by atoms with van der Waals surface area (Å²) in [6, 6.07) is -0.298. The summed E-state index contributed by atoms with van der Waals surface area (Å²) < 4.78 is 22.4. The molecule has 134 valence electrons. The smallest absolute Gasteiger partial charge is 0.365 e. The Hall–Kier alpha value is -1.74. The summed E-state index contributed by atoms with van der Waals surface area (Å²) in [7, 11) is -3.82. The maximum Gasteiger partial charge on any atom is 0.365 e. The molecule has 0 radical (unpaired) electrons. The normalized spacial score (nSPS) is 22.3. The first-order valence-corrected chi connectivity index (χ1v) is 8.92. The Bertz CT molecular complexity index is 779. The van der Waals surface area contributed by atoms with Crippen LogP contribution >= 0.6 is 7.60 Å². The van der Waals surface area contributed by atoms with Crippen LogP contribution in [0.5, 0.6) is 0 Å². The van der Waals surface area contributed by atoms with E-state index in [2.05, 4.69) is 9.72 Å². The van der Waals surface area contributed by atoms with Crippen molar-refractivity contribution in [2.45, 2.75) is 44.2 Å². The van der Waals surface area contributed by atoms with Crippen LogP contribution in [0.3, 0.4) is 0 Å². The Balaban J connectivity index is 2.14. The van der Waals surface area contributed by atoms with E-state index < -0.39 is 36.8 Å². The number of aromatic nitrogens is 2. The lowest BCUT2D eigenvalue weighted by Gasteiger charge is -2.21. The number of H-pyrrole nitrogens is 1. The molecule has 0 bridgehead atoms. The van der Waals surface area contributed by atoms with E-state index in [9.17, 15) is 28.7 Å². The molecule has 0 amide bonds. The molecule has 1 aliphatic rings. The van der Waals surface area contributed by atoms with Crippen molar-refractivity contribution in [3.8, 4) is 0 Å². The molecule has 10 nitrogen and oxygen atoms in total. The van der Waals surface area contributed by atoms with Crippen LogP contribution in [-0.4, -0.2) is 44.4 Å². The van der Waals surface area contributed by atoms with Gasteiger partial charge >= 0.3 is 19.3 Å². The van der Waals surface area contributed by atoms with Crippen LogP contribution in [-0.2, 0) is 18.8 Å². The zero-order valence-corrected chi connectivity index (χ0v) is 14.1. The predicted octanol–water partition coefficient (Wildman–Crippen LogP) is -0.368. The van der Waals surface area contributed by atoms with Gasteiger partial charge in [0.2, 0.25) is 0 Å². The maximum atomic E-state index is 11.9. The van der Waals surface area contributed by atoms with E-state index in [0.717, 1.165) is 7.11 Å². The first-order valence-electron chi connectivity index (χ1n) is 7.24. The van der Waals surface area contributed by atoms with Crippen molar-refractivity contribution in [1.29, 1.82) is 0 Å². The Morgan fingerprint density at radius 2 is 2.08 bits per heavy atom. The molecule has 0 aliphatic heterocycles. The van der Waals surface area contributed by atoms with Gasteiger partial charge in [-0.25, -0.2) is 9.59 Å². The van der Waals surface area contributed by atoms with Gasteiger partial charge in [-0.15, -0.1) is 0 Å². The summed E-state index contributed by atoms with van der Waals surface area (Å²) in [5, 5.41) is 0. The SMILES string of the molecule is COC(=O)C(O[C@H]1CC[C@@H](n2cc(C)c(=O)[nH]c2=O)C1)P(=O)(O)O. The van der Waals surface area contributed by atoms with Gasteiger partial charge in [0, 0.05) is 17.8 Å². The Kier molecular flexibility index (Phi) is 5.44. The fourth-order valence-electron chi connectivity index (χ4n) is 2.71. The molecule has 1 aromatic rings. The Labute approximate surface area is 136 Å². The summed E-state index contributed by atoms with van der Waals surface area (Å²) in [5.74, 6) is -3.14. The maximum absolute atomic E-state index is 11.9. The first kappa shape index (κ1) is 18.6. The van der Waals surface area contributed by atoms with Crippen molar-refractivity contribution in [2.24, 2.45) is 0 Å². The summed E-state index contributed by atoms with van der Waals surface area (Å²) in [6.45, 7) is 1.57. The number of methoxy groups -OCH3 is 1. The molecular formula is C13H19N2O8P. The van der Waals surface area contributed by atoms with Crippen molar-refractivity contribution < 1.29 is 28.6 Å². The molecule has 0 aromatic carbocycles. The third-order valence-electron chi connectivity index (χ3n) is 3.93. The summed E-state index contributed by atoms with van der Waals surface area (Å²) in [5.41, 5.74) is -0.647. The lowest BCUT2D eigenvalue weighted by Crippen LogP contribution is -2.33. The van der Waals surface area contributed by atoms with E-state index in [1.165, 1.54) is 10.8 Å². The highest BCUT2D eigenvalue weighted by atomic mass is 31.2. The second-order valence-electron chi connectivity index (χ2n) is 5.67. The van der Waals surface area contributed by atoms with Crippen LogP contribution < -0.4 is 11.2 Å². The zero-order chi connectivity index (χ0) is 18.1. The topological polar surface area (TPSA) is 148 Å². The second kappa shape index (κ2) is 7.02. The number of ether oxygens (including phenoxy) is 2. The number of carbonyl (C=O) groups excluding carboxylic acids is 1. The quantitative estimate of drug-likeness (QED) is 0.475. The lowest BCUT2D eigenvalue weighted by molar-refractivity contribution is -0.152. The van der Waals surface area contributed by atoms with E-state index in [4.69, 9.17) is 4.74 Å². The Morgan fingerprint density at radius 3 is 2.67 bits per heavy atom. The van der Waals surface area contributed by atoms with Crippen molar-refractivity contribution in [1.82, 2.24) is 9.55 Å². The highest BCUT2D eigenvalue weighted by Gasteiger charge is 2.41. The summed E-state index contributed by atoms with van der Waals surface area (Å²) >= 11 is 0. The van der Waals surface area contributed by atoms with Gasteiger partial charge in [-0.05, 0) is 26.2 Å². The van der Waals surface area contributed by atoms with Crippen molar-refractivity contribution in [3.05, 3.63) is 32.6 Å². The average molecular weight is 362 g/mol. The molecule has 24 heavy (non-hydrogen) atoms. The molecular weight excluding hydrogens is 343 g/mol. The minimum atomic E-state index is -4.83. The van der Waals surface area contributed by atoms with Crippen molar-refractivity contribution in [3.63, 3.8) is 0 Å². The van der Waals surface area contributed by atoms with Crippen LogP contribution in [0.1, 0.15) is 30.9 Å². The van der Waals surface area contributed by atoms with Gasteiger partial charge in [0.05, 0.1) is 13.2 Å². The van der Waals surface area contributed by atoms with E-state index in [-0.39, 0.29) is 12.5 Å². The van der Waals surface area contributed by atoms with E-state index in [1.807, 2.05) is 0 Å². The number of hydrogen-bond donors (Lipinski definition) is 3. The molecule has 1 unspecified atom stereocenters. The van der Waals surface area contributed by atoms with E-state index >= 15 is 0 Å². The summed E-state index contributed by atoms with van der Waals surface area (Å²) in [6.07, 6.45) is 2.01. The van der Waals surface area contributed by atoms with Gasteiger partial charge in [0.25, 0.3) is 11.4 Å². The molecule has 0 saturated heterocycles. The van der Waals surface area contributed by atoms with Crippen LogP contribution in [0.25, 0.3) is 0 Å². The van der Waals surface area contributed by atoms with Crippen LogP contribution in [0.2, 0.25) is 0 Å².